The van der Waals surface area contributed by atoms with Gasteiger partial charge in [0.25, 0.3) is 0 Å². The van der Waals surface area contributed by atoms with E-state index >= 15 is 0 Å². The summed E-state index contributed by atoms with van der Waals surface area (Å²) in [6, 6.07) is 4.77. The molecule has 0 radical (unpaired) electrons. The number of hydrogen-bond acceptors (Lipinski definition) is 7. The second kappa shape index (κ2) is 9.14. The summed E-state index contributed by atoms with van der Waals surface area (Å²) in [6.07, 6.45) is 11.6. The molecule has 2 aromatic rings. The summed E-state index contributed by atoms with van der Waals surface area (Å²) in [6.45, 7) is 3.87. The molecule has 33 heavy (non-hydrogen) atoms. The number of hydrogen-bond donors (Lipinski definition) is 1. The Kier molecular flexibility index (Phi) is 5.90. The van der Waals surface area contributed by atoms with Gasteiger partial charge in [0.15, 0.2) is 6.17 Å². The maximum atomic E-state index is 13.3. The average Bonchev–Trinajstić information content (AvgIpc) is 3.20. The number of aliphatic imine (C=N–C) groups is 2. The summed E-state index contributed by atoms with van der Waals surface area (Å²) >= 11 is 0. The number of allylic oxidation sites excluding steroid dienone is 3. The Morgan fingerprint density at radius 3 is 2.82 bits per heavy atom. The standard InChI is InChI=1S/C24H27FN8/c1-16-11-17(12-26)3-2-4-21(16)31-22-20-7-10-33(23(20)30-15-29-22)19-5-8-32(9-6-19)24-27-13-18(25)14-28-24/h3,7,10-11,13,15,18-19,21H,2,4-6,8-9,14H2,1H3,(H,29,30,31). The maximum absolute atomic E-state index is 13.3. The second-order valence-electron chi connectivity index (χ2n) is 8.77. The van der Waals surface area contributed by atoms with Crippen molar-refractivity contribution in [2.24, 2.45) is 9.98 Å². The number of fused-ring (bicyclic) bond motifs is 1. The van der Waals surface area contributed by atoms with Gasteiger partial charge in [0, 0.05) is 43.2 Å². The second-order valence-corrected chi connectivity index (χ2v) is 8.77. The van der Waals surface area contributed by atoms with E-state index in [0.717, 1.165) is 66.8 Å². The van der Waals surface area contributed by atoms with Gasteiger partial charge in [-0.25, -0.2) is 24.3 Å². The molecule has 5 rings (SSSR count). The largest absolute Gasteiger partial charge is 0.363 e. The zero-order valence-corrected chi connectivity index (χ0v) is 18.7. The van der Waals surface area contributed by atoms with Crippen molar-refractivity contribution in [2.45, 2.75) is 50.9 Å². The predicted octanol–water partition coefficient (Wildman–Crippen LogP) is 3.82. The van der Waals surface area contributed by atoms with Gasteiger partial charge in [0.05, 0.1) is 18.0 Å². The van der Waals surface area contributed by atoms with Crippen molar-refractivity contribution in [3.63, 3.8) is 0 Å². The molecule has 1 fully saturated rings. The number of halogens is 1. The molecular weight excluding hydrogens is 419 g/mol. The molecule has 1 saturated heterocycles. The minimum atomic E-state index is -1.07. The van der Waals surface area contributed by atoms with E-state index in [9.17, 15) is 9.65 Å². The molecule has 2 aromatic heterocycles. The number of alkyl halides is 1. The first-order chi connectivity index (χ1) is 16.1. The number of guanidine groups is 1. The van der Waals surface area contributed by atoms with Crippen LogP contribution in [0.25, 0.3) is 11.0 Å². The molecule has 2 atom stereocenters. The summed E-state index contributed by atoms with van der Waals surface area (Å²) in [5, 5.41) is 13.8. The summed E-state index contributed by atoms with van der Waals surface area (Å²) in [5.74, 6) is 1.47. The third-order valence-electron chi connectivity index (χ3n) is 6.60. The van der Waals surface area contributed by atoms with E-state index in [2.05, 4.69) is 60.0 Å². The predicted molar refractivity (Wildman–Crippen MR) is 127 cm³/mol. The molecule has 2 aliphatic heterocycles. The van der Waals surface area contributed by atoms with Gasteiger partial charge in [0.1, 0.15) is 17.8 Å². The molecule has 3 aliphatic rings. The highest BCUT2D eigenvalue weighted by Crippen LogP contribution is 2.30. The van der Waals surface area contributed by atoms with Crippen LogP contribution in [0.4, 0.5) is 10.2 Å². The lowest BCUT2D eigenvalue weighted by Crippen LogP contribution is -2.39. The highest BCUT2D eigenvalue weighted by Gasteiger charge is 2.26. The number of nitrogens with zero attached hydrogens (tertiary/aromatic N) is 7. The lowest BCUT2D eigenvalue weighted by Gasteiger charge is -2.34. The van der Waals surface area contributed by atoms with Crippen LogP contribution in [0, 0.1) is 11.3 Å². The van der Waals surface area contributed by atoms with Crippen molar-refractivity contribution in [1.29, 1.82) is 5.26 Å². The van der Waals surface area contributed by atoms with Crippen molar-refractivity contribution in [1.82, 2.24) is 19.4 Å². The molecule has 1 aliphatic carbocycles. The van der Waals surface area contributed by atoms with Crippen molar-refractivity contribution in [3.8, 4) is 6.07 Å². The summed E-state index contributed by atoms with van der Waals surface area (Å²) in [4.78, 5) is 19.7. The lowest BCUT2D eigenvalue weighted by molar-refractivity contribution is 0.266. The van der Waals surface area contributed by atoms with Crippen LogP contribution < -0.4 is 5.32 Å². The normalized spacial score (nSPS) is 24.0. The fourth-order valence-electron chi connectivity index (χ4n) is 4.78. The van der Waals surface area contributed by atoms with Crippen LogP contribution in [-0.2, 0) is 0 Å². The van der Waals surface area contributed by atoms with Crippen LogP contribution >= 0.6 is 0 Å². The molecule has 0 saturated carbocycles. The first kappa shape index (κ1) is 21.3. The first-order valence-corrected chi connectivity index (χ1v) is 11.5. The number of nitrogens with one attached hydrogen (secondary N) is 1. The van der Waals surface area contributed by atoms with E-state index < -0.39 is 6.17 Å². The van der Waals surface area contributed by atoms with E-state index in [0.29, 0.717) is 12.0 Å². The Morgan fingerprint density at radius 1 is 1.21 bits per heavy atom. The van der Waals surface area contributed by atoms with Crippen molar-refractivity contribution < 1.29 is 4.39 Å². The zero-order valence-electron chi connectivity index (χ0n) is 18.7. The maximum Gasteiger partial charge on any atom is 0.220 e. The van der Waals surface area contributed by atoms with Gasteiger partial charge in [-0.05, 0) is 50.3 Å². The Labute approximate surface area is 192 Å². The van der Waals surface area contributed by atoms with E-state index in [1.807, 2.05) is 12.2 Å². The van der Waals surface area contributed by atoms with Gasteiger partial charge < -0.3 is 14.8 Å². The third-order valence-corrected chi connectivity index (χ3v) is 6.60. The number of nitriles is 1. The zero-order chi connectivity index (χ0) is 22.8. The minimum absolute atomic E-state index is 0.123. The van der Waals surface area contributed by atoms with Crippen LogP contribution in [0.2, 0.25) is 0 Å². The number of piperidine rings is 1. The van der Waals surface area contributed by atoms with Crippen LogP contribution in [0.3, 0.4) is 0 Å². The number of likely N-dealkylation sites (tertiary alicyclic amines) is 1. The molecule has 2 unspecified atom stereocenters. The van der Waals surface area contributed by atoms with Gasteiger partial charge in [-0.15, -0.1) is 0 Å². The Balaban J connectivity index is 1.31. The van der Waals surface area contributed by atoms with Gasteiger partial charge >= 0.3 is 0 Å². The van der Waals surface area contributed by atoms with Gasteiger partial charge in [-0.2, -0.15) is 5.26 Å². The molecule has 9 heteroatoms. The number of aromatic nitrogens is 3. The third kappa shape index (κ3) is 4.38. The molecule has 0 spiro atoms. The number of rotatable bonds is 3. The quantitative estimate of drug-likeness (QED) is 0.774. The van der Waals surface area contributed by atoms with Crippen molar-refractivity contribution in [2.75, 3.05) is 25.0 Å². The highest BCUT2D eigenvalue weighted by molar-refractivity contribution is 5.91. The fraction of sp³-hybridized carbons (Fsp3) is 0.458. The minimum Gasteiger partial charge on any atom is -0.363 e. The van der Waals surface area contributed by atoms with Crippen LogP contribution in [0.1, 0.15) is 38.6 Å². The number of anilines is 1. The van der Waals surface area contributed by atoms with Crippen LogP contribution in [-0.4, -0.2) is 63.5 Å². The molecule has 4 heterocycles. The molecule has 0 bridgehead atoms. The highest BCUT2D eigenvalue weighted by atomic mass is 19.1. The molecule has 0 amide bonds. The van der Waals surface area contributed by atoms with Crippen LogP contribution in [0.5, 0.6) is 0 Å². The Bertz CT molecular complexity index is 1190. The van der Waals surface area contributed by atoms with E-state index in [1.165, 1.54) is 6.21 Å². The topological polar surface area (TPSA) is 94.5 Å². The SMILES string of the molecule is CC1=CC(C#N)=CCCC1Nc1ncnc2c1ccn2C1CCN(C2=NCC(F)C=N2)CC1. The van der Waals surface area contributed by atoms with E-state index in [1.54, 1.807) is 6.33 Å². The summed E-state index contributed by atoms with van der Waals surface area (Å²) < 4.78 is 15.5. The lowest BCUT2D eigenvalue weighted by atomic mass is 10.0. The van der Waals surface area contributed by atoms with Gasteiger partial charge in [0.2, 0.25) is 5.96 Å². The smallest absolute Gasteiger partial charge is 0.220 e. The molecule has 170 valence electrons. The van der Waals surface area contributed by atoms with Gasteiger partial charge in [-0.3, -0.25) is 0 Å². The Morgan fingerprint density at radius 2 is 2.06 bits per heavy atom. The van der Waals surface area contributed by atoms with Crippen molar-refractivity contribution >= 4 is 29.0 Å². The monoisotopic (exact) mass is 446 g/mol. The molecule has 8 nitrogen and oxygen atoms in total. The van der Waals surface area contributed by atoms with Crippen molar-refractivity contribution in [3.05, 3.63) is 41.9 Å². The molecule has 0 aromatic carbocycles. The average molecular weight is 447 g/mol. The van der Waals surface area contributed by atoms with E-state index in [4.69, 9.17) is 0 Å². The fourth-order valence-corrected chi connectivity index (χ4v) is 4.78. The van der Waals surface area contributed by atoms with E-state index in [-0.39, 0.29) is 12.6 Å². The summed E-state index contributed by atoms with van der Waals surface area (Å²) in [5.41, 5.74) is 2.77. The molecular formula is C24H27FN8. The Hall–Kier alpha value is -3.54. The van der Waals surface area contributed by atoms with Crippen LogP contribution in [0.15, 0.2) is 51.9 Å². The molecule has 1 N–H and O–H groups in total. The van der Waals surface area contributed by atoms with Gasteiger partial charge in [-0.1, -0.05) is 6.08 Å². The first-order valence-electron chi connectivity index (χ1n) is 11.5. The summed E-state index contributed by atoms with van der Waals surface area (Å²) in [7, 11) is 0.